The maximum Gasteiger partial charge on any atom is 0.279 e. The fourth-order valence-corrected chi connectivity index (χ4v) is 4.67. The zero-order chi connectivity index (χ0) is 20.0. The molecular weight excluding hydrogens is 398 g/mol. The Morgan fingerprint density at radius 3 is 2.54 bits per heavy atom. The predicted molar refractivity (Wildman–Crippen MR) is 109 cm³/mol. The van der Waals surface area contributed by atoms with Gasteiger partial charge in [-0.1, -0.05) is 35.1 Å². The summed E-state index contributed by atoms with van der Waals surface area (Å²) >= 11 is 7.63. The van der Waals surface area contributed by atoms with Crippen LogP contribution in [0.3, 0.4) is 0 Å². The highest BCUT2D eigenvalue weighted by atomic mass is 35.5. The molecule has 0 atom stereocenters. The highest BCUT2D eigenvalue weighted by Crippen LogP contribution is 2.28. The van der Waals surface area contributed by atoms with E-state index in [0.29, 0.717) is 21.1 Å². The fraction of sp³-hybridized carbons (Fsp3) is 0.200. The number of fused-ring (bicyclic) bond motifs is 1. The van der Waals surface area contributed by atoms with Crippen molar-refractivity contribution < 1.29 is 14.4 Å². The summed E-state index contributed by atoms with van der Waals surface area (Å²) in [6, 6.07) is 10.2. The highest BCUT2D eigenvalue weighted by molar-refractivity contribution is 7.17. The fourth-order valence-electron chi connectivity index (χ4n) is 3.31. The molecule has 1 aromatic heterocycles. The topological polar surface area (TPSA) is 71.7 Å². The number of imide groups is 1. The number of amides is 3. The van der Waals surface area contributed by atoms with E-state index in [2.05, 4.69) is 4.99 Å². The van der Waals surface area contributed by atoms with E-state index in [1.807, 2.05) is 30.7 Å². The van der Waals surface area contributed by atoms with Gasteiger partial charge in [-0.2, -0.15) is 4.99 Å². The van der Waals surface area contributed by atoms with Crippen LogP contribution in [0, 0.1) is 6.92 Å². The molecule has 0 N–H and O–H groups in total. The summed E-state index contributed by atoms with van der Waals surface area (Å²) in [5.41, 5.74) is 2.68. The normalized spacial score (nSPS) is 15.1. The number of aryl methyl sites for hydroxylation is 2. The average Bonchev–Trinajstić information content (AvgIpc) is 3.18. The van der Waals surface area contributed by atoms with Crippen molar-refractivity contribution >= 4 is 56.6 Å². The molecule has 0 bridgehead atoms. The standard InChI is InChI=1S/C20H16ClN3O3S/c1-11-6-7-14(21)18-17(11)23(2)20(28-18)22-19(27)12-4-3-5-13(10-12)24-15(25)8-9-16(24)26/h3-7,10H,8-9H2,1-2H3. The quantitative estimate of drug-likeness (QED) is 0.602. The summed E-state index contributed by atoms with van der Waals surface area (Å²) < 4.78 is 2.72. The molecule has 0 radical (unpaired) electrons. The number of anilines is 1. The summed E-state index contributed by atoms with van der Waals surface area (Å²) in [4.78, 5) is 42.5. The van der Waals surface area contributed by atoms with Crippen molar-refractivity contribution in [1.82, 2.24) is 4.57 Å². The maximum atomic E-state index is 12.7. The molecule has 3 aromatic rings. The van der Waals surface area contributed by atoms with Crippen molar-refractivity contribution in [3.05, 3.63) is 57.3 Å². The Hall–Kier alpha value is -2.77. The zero-order valence-corrected chi connectivity index (χ0v) is 16.8. The third-order valence-corrected chi connectivity index (χ3v) is 6.29. The Labute approximate surface area is 169 Å². The van der Waals surface area contributed by atoms with Crippen molar-refractivity contribution in [3.63, 3.8) is 0 Å². The molecule has 0 unspecified atom stereocenters. The van der Waals surface area contributed by atoms with Gasteiger partial charge in [-0.3, -0.25) is 19.3 Å². The van der Waals surface area contributed by atoms with Gasteiger partial charge < -0.3 is 4.57 Å². The minimum Gasteiger partial charge on any atom is -0.319 e. The number of nitrogens with zero attached hydrogens (tertiary/aromatic N) is 3. The summed E-state index contributed by atoms with van der Waals surface area (Å²) in [7, 11) is 1.84. The van der Waals surface area contributed by atoms with Crippen LogP contribution in [-0.4, -0.2) is 22.3 Å². The van der Waals surface area contributed by atoms with Crippen LogP contribution in [0.5, 0.6) is 0 Å². The van der Waals surface area contributed by atoms with E-state index in [0.717, 1.165) is 20.7 Å². The molecular formula is C20H16ClN3O3S. The van der Waals surface area contributed by atoms with Crippen LogP contribution >= 0.6 is 22.9 Å². The van der Waals surface area contributed by atoms with Crippen LogP contribution in [0.15, 0.2) is 41.4 Å². The molecule has 1 aliphatic rings. The largest absolute Gasteiger partial charge is 0.319 e. The van der Waals surface area contributed by atoms with Gasteiger partial charge in [0.05, 0.1) is 20.9 Å². The molecule has 6 nitrogen and oxygen atoms in total. The van der Waals surface area contributed by atoms with E-state index < -0.39 is 5.91 Å². The Morgan fingerprint density at radius 2 is 1.86 bits per heavy atom. The Morgan fingerprint density at radius 1 is 1.14 bits per heavy atom. The lowest BCUT2D eigenvalue weighted by molar-refractivity contribution is -0.121. The van der Waals surface area contributed by atoms with E-state index in [1.165, 1.54) is 17.4 Å². The Kier molecular flexibility index (Phi) is 4.64. The van der Waals surface area contributed by atoms with Crippen LogP contribution in [0.4, 0.5) is 5.69 Å². The molecule has 2 heterocycles. The van der Waals surface area contributed by atoms with E-state index in [9.17, 15) is 14.4 Å². The SMILES string of the molecule is Cc1ccc(Cl)c2sc(=NC(=O)c3cccc(N4C(=O)CCC4=O)c3)n(C)c12. The van der Waals surface area contributed by atoms with Crippen molar-refractivity contribution in [2.24, 2.45) is 12.0 Å². The number of rotatable bonds is 2. The molecule has 2 aromatic carbocycles. The number of thiazole rings is 1. The van der Waals surface area contributed by atoms with E-state index >= 15 is 0 Å². The van der Waals surface area contributed by atoms with Gasteiger partial charge in [0.25, 0.3) is 5.91 Å². The minimum atomic E-state index is -0.447. The van der Waals surface area contributed by atoms with Crippen LogP contribution < -0.4 is 9.70 Å². The van der Waals surface area contributed by atoms with Gasteiger partial charge in [0.15, 0.2) is 4.80 Å². The maximum absolute atomic E-state index is 12.7. The molecule has 0 spiro atoms. The van der Waals surface area contributed by atoms with Crippen molar-refractivity contribution in [1.29, 1.82) is 0 Å². The second-order valence-electron chi connectivity index (χ2n) is 6.58. The minimum absolute atomic E-state index is 0.194. The first-order chi connectivity index (χ1) is 13.4. The predicted octanol–water partition coefficient (Wildman–Crippen LogP) is 3.60. The number of hydrogen-bond acceptors (Lipinski definition) is 4. The number of benzene rings is 2. The smallest absolute Gasteiger partial charge is 0.279 e. The van der Waals surface area contributed by atoms with Crippen molar-refractivity contribution in [3.8, 4) is 0 Å². The molecule has 1 aliphatic heterocycles. The number of aromatic nitrogens is 1. The third kappa shape index (κ3) is 3.06. The highest BCUT2D eigenvalue weighted by Gasteiger charge is 2.30. The van der Waals surface area contributed by atoms with Gasteiger partial charge in [0.1, 0.15) is 0 Å². The summed E-state index contributed by atoms with van der Waals surface area (Å²) in [6.07, 6.45) is 0.387. The monoisotopic (exact) mass is 413 g/mol. The van der Waals surface area contributed by atoms with Crippen molar-refractivity contribution in [2.75, 3.05) is 4.90 Å². The number of halogens is 1. The Bertz CT molecular complexity index is 1210. The lowest BCUT2D eigenvalue weighted by Crippen LogP contribution is -2.28. The van der Waals surface area contributed by atoms with Crippen LogP contribution in [-0.2, 0) is 16.6 Å². The molecule has 3 amide bonds. The van der Waals surface area contributed by atoms with Crippen LogP contribution in [0.25, 0.3) is 10.2 Å². The lowest BCUT2D eigenvalue weighted by Gasteiger charge is -2.14. The van der Waals surface area contributed by atoms with Gasteiger partial charge >= 0.3 is 0 Å². The van der Waals surface area contributed by atoms with Gasteiger partial charge in [-0.25, -0.2) is 0 Å². The van der Waals surface area contributed by atoms with Gasteiger partial charge in [-0.05, 0) is 36.8 Å². The van der Waals surface area contributed by atoms with E-state index in [1.54, 1.807) is 18.2 Å². The zero-order valence-electron chi connectivity index (χ0n) is 15.2. The van der Waals surface area contributed by atoms with E-state index in [-0.39, 0.29) is 24.7 Å². The first-order valence-electron chi connectivity index (χ1n) is 8.66. The van der Waals surface area contributed by atoms with Gasteiger partial charge in [-0.15, -0.1) is 0 Å². The molecule has 0 aliphatic carbocycles. The molecule has 1 fully saturated rings. The summed E-state index contributed by atoms with van der Waals surface area (Å²) in [5, 5.41) is 0.614. The molecule has 1 saturated heterocycles. The number of carbonyl (C=O) groups is 3. The first kappa shape index (κ1) is 18.6. The van der Waals surface area contributed by atoms with Crippen molar-refractivity contribution in [2.45, 2.75) is 19.8 Å². The molecule has 8 heteroatoms. The summed E-state index contributed by atoms with van der Waals surface area (Å²) in [6.45, 7) is 1.98. The molecule has 0 saturated carbocycles. The molecule has 4 rings (SSSR count). The van der Waals surface area contributed by atoms with Crippen LogP contribution in [0.2, 0.25) is 5.02 Å². The Balaban J connectivity index is 1.76. The second-order valence-corrected chi connectivity index (χ2v) is 7.96. The lowest BCUT2D eigenvalue weighted by atomic mass is 10.2. The second kappa shape index (κ2) is 7.00. The average molecular weight is 414 g/mol. The molecule has 142 valence electrons. The first-order valence-corrected chi connectivity index (χ1v) is 9.86. The number of carbonyl (C=O) groups excluding carboxylic acids is 3. The third-order valence-electron chi connectivity index (χ3n) is 4.70. The number of hydrogen-bond donors (Lipinski definition) is 0. The van der Waals surface area contributed by atoms with E-state index in [4.69, 9.17) is 11.6 Å². The van der Waals surface area contributed by atoms with Gasteiger partial charge in [0, 0.05) is 25.5 Å². The van der Waals surface area contributed by atoms with Gasteiger partial charge in [0.2, 0.25) is 11.8 Å². The van der Waals surface area contributed by atoms with Crippen LogP contribution in [0.1, 0.15) is 28.8 Å². The molecule has 28 heavy (non-hydrogen) atoms. The summed E-state index contributed by atoms with van der Waals surface area (Å²) in [5.74, 6) is -0.961.